The topological polar surface area (TPSA) is 0 Å². The maximum absolute atomic E-state index is 2.53. The lowest BCUT2D eigenvalue weighted by atomic mass is 9.81. The summed E-state index contributed by atoms with van der Waals surface area (Å²) in [5, 5.41) is 2.08. The van der Waals surface area contributed by atoms with Crippen molar-refractivity contribution in [1.29, 1.82) is 0 Å². The van der Waals surface area contributed by atoms with Crippen molar-refractivity contribution in [2.75, 3.05) is 0 Å². The molecule has 2 aromatic rings. The molecule has 2 rings (SSSR count). The van der Waals surface area contributed by atoms with Crippen LogP contribution in [0.1, 0.15) is 134 Å². The monoisotopic (exact) mass is 466 g/mol. The van der Waals surface area contributed by atoms with Crippen molar-refractivity contribution in [3.8, 4) is 11.1 Å². The summed E-state index contributed by atoms with van der Waals surface area (Å²) in [6.45, 7) is 35.9. The van der Waals surface area contributed by atoms with E-state index >= 15 is 0 Å². The van der Waals surface area contributed by atoms with E-state index in [4.69, 9.17) is 0 Å². The van der Waals surface area contributed by atoms with Gasteiger partial charge >= 0.3 is 0 Å². The second-order valence-corrected chi connectivity index (χ2v) is 16.9. The van der Waals surface area contributed by atoms with Crippen molar-refractivity contribution in [2.45, 2.75) is 132 Å². The van der Waals surface area contributed by atoms with E-state index in [1.165, 1.54) is 44.5 Å². The fraction of sp³-hybridized carbons (Fsp3) is 0.625. The fourth-order valence-corrected chi connectivity index (χ4v) is 9.77. The first-order chi connectivity index (χ1) is 14.9. The highest BCUT2D eigenvalue weighted by Gasteiger charge is 2.39. The molecule has 0 nitrogen and oxygen atoms in total. The second-order valence-electron chi connectivity index (χ2n) is 13.1. The third-order valence-electron chi connectivity index (χ3n) is 7.09. The first-order valence-electron chi connectivity index (χ1n) is 13.0. The number of hydrogen-bond acceptors (Lipinski definition) is 0. The number of rotatable bonds is 5. The van der Waals surface area contributed by atoms with Crippen LogP contribution in [0.4, 0.5) is 0 Å². The van der Waals surface area contributed by atoms with Gasteiger partial charge in [-0.05, 0) is 98.6 Å². The van der Waals surface area contributed by atoms with E-state index < -0.39 is 7.92 Å². The lowest BCUT2D eigenvalue weighted by Crippen LogP contribution is -2.33. The highest BCUT2D eigenvalue weighted by molar-refractivity contribution is 7.69. The zero-order chi connectivity index (χ0) is 25.6. The first kappa shape index (κ1) is 28.1. The molecule has 0 heterocycles. The van der Waals surface area contributed by atoms with Crippen LogP contribution in [0.2, 0.25) is 0 Å². The van der Waals surface area contributed by atoms with Crippen molar-refractivity contribution >= 4 is 13.2 Å². The summed E-state index contributed by atoms with van der Waals surface area (Å²) >= 11 is 0. The Hall–Kier alpha value is -1.13. The summed E-state index contributed by atoms with van der Waals surface area (Å²) in [7, 11) is -0.415. The third kappa shape index (κ3) is 5.75. The molecule has 0 bridgehead atoms. The van der Waals surface area contributed by atoms with Crippen LogP contribution in [-0.2, 0) is 0 Å². The van der Waals surface area contributed by atoms with Gasteiger partial charge in [0, 0.05) is 0 Å². The second kappa shape index (κ2) is 9.85. The van der Waals surface area contributed by atoms with Gasteiger partial charge < -0.3 is 0 Å². The summed E-state index contributed by atoms with van der Waals surface area (Å²) in [5.74, 6) is 1.51. The van der Waals surface area contributed by atoms with Crippen LogP contribution in [0.25, 0.3) is 11.1 Å². The summed E-state index contributed by atoms with van der Waals surface area (Å²) in [6, 6.07) is 7.56. The SMILES string of the molecule is Cc1cc(-c2c(C(C)C)cc(C(C)C)cc2C(C)C)c(P(C(C)(C)C)C(C)(C)C)c(C)c1C. The van der Waals surface area contributed by atoms with Crippen LogP contribution in [0.5, 0.6) is 0 Å². The maximum Gasteiger partial charge on any atom is -0.00953 e. The quantitative estimate of drug-likeness (QED) is 0.384. The van der Waals surface area contributed by atoms with E-state index in [0.29, 0.717) is 17.8 Å². The van der Waals surface area contributed by atoms with Crippen molar-refractivity contribution in [2.24, 2.45) is 0 Å². The maximum atomic E-state index is 2.53. The van der Waals surface area contributed by atoms with Gasteiger partial charge in [0.15, 0.2) is 0 Å². The van der Waals surface area contributed by atoms with Crippen LogP contribution in [0.15, 0.2) is 18.2 Å². The summed E-state index contributed by atoms with van der Waals surface area (Å²) in [6.07, 6.45) is 0. The molecule has 0 aliphatic carbocycles. The molecule has 0 fully saturated rings. The van der Waals surface area contributed by atoms with E-state index in [0.717, 1.165) is 0 Å². The lowest BCUT2D eigenvalue weighted by molar-refractivity contribution is 0.714. The molecule has 0 unspecified atom stereocenters. The number of aryl methyl sites for hydroxylation is 1. The van der Waals surface area contributed by atoms with Gasteiger partial charge in [0.2, 0.25) is 0 Å². The molecule has 0 aliphatic heterocycles. The van der Waals surface area contributed by atoms with Gasteiger partial charge in [-0.1, -0.05) is 109 Å². The van der Waals surface area contributed by atoms with E-state index in [1.54, 1.807) is 5.30 Å². The molecule has 0 saturated carbocycles. The highest BCUT2D eigenvalue weighted by Crippen LogP contribution is 2.60. The Bertz CT molecular complexity index is 948. The van der Waals surface area contributed by atoms with Gasteiger partial charge in [-0.25, -0.2) is 0 Å². The van der Waals surface area contributed by atoms with Crippen LogP contribution in [-0.4, -0.2) is 10.3 Å². The van der Waals surface area contributed by atoms with Crippen molar-refractivity contribution < 1.29 is 0 Å². The minimum absolute atomic E-state index is 0.225. The Kier molecular flexibility index (Phi) is 8.39. The molecule has 0 aliphatic rings. The standard InChI is InChI=1S/C32H51P/c1-19(2)25-17-26(20(3)4)29(27(18-25)21(5)6)28-16-22(7)23(8)24(9)30(28)33(31(10,11)12)32(13,14)15/h16-21H,1-15H3. The van der Waals surface area contributed by atoms with Crippen LogP contribution < -0.4 is 5.30 Å². The molecule has 2 aromatic carbocycles. The molecule has 1 heteroatoms. The largest absolute Gasteiger partial charge is 0.0633 e. The minimum Gasteiger partial charge on any atom is -0.0633 e. The molecule has 33 heavy (non-hydrogen) atoms. The van der Waals surface area contributed by atoms with E-state index in [1.807, 2.05) is 0 Å². The Morgan fingerprint density at radius 1 is 0.606 bits per heavy atom. The van der Waals surface area contributed by atoms with E-state index in [2.05, 4.69) is 122 Å². The Morgan fingerprint density at radius 2 is 1.03 bits per heavy atom. The predicted molar refractivity (Wildman–Crippen MR) is 154 cm³/mol. The first-order valence-corrected chi connectivity index (χ1v) is 14.3. The van der Waals surface area contributed by atoms with Gasteiger partial charge in [-0.3, -0.25) is 0 Å². The van der Waals surface area contributed by atoms with Gasteiger partial charge in [-0.2, -0.15) is 0 Å². The summed E-state index contributed by atoms with van der Waals surface area (Å²) in [4.78, 5) is 0. The van der Waals surface area contributed by atoms with E-state index in [9.17, 15) is 0 Å². The lowest BCUT2D eigenvalue weighted by Gasteiger charge is -2.44. The summed E-state index contributed by atoms with van der Waals surface area (Å²) < 4.78 is 0. The van der Waals surface area contributed by atoms with Crippen molar-refractivity contribution in [3.63, 3.8) is 0 Å². The Balaban J connectivity index is 3.18. The molecule has 0 saturated heterocycles. The molecule has 0 aromatic heterocycles. The van der Waals surface area contributed by atoms with Crippen LogP contribution in [0, 0.1) is 20.8 Å². The zero-order valence-corrected chi connectivity index (χ0v) is 25.3. The highest BCUT2D eigenvalue weighted by atomic mass is 31.1. The van der Waals surface area contributed by atoms with Gasteiger partial charge in [0.25, 0.3) is 0 Å². The summed E-state index contributed by atoms with van der Waals surface area (Å²) in [5.41, 5.74) is 11.9. The van der Waals surface area contributed by atoms with Gasteiger partial charge in [0.05, 0.1) is 0 Å². The molecule has 0 spiro atoms. The molecule has 0 atom stereocenters. The average Bonchev–Trinajstić information content (AvgIpc) is 2.64. The average molecular weight is 467 g/mol. The van der Waals surface area contributed by atoms with Crippen molar-refractivity contribution in [1.82, 2.24) is 0 Å². The van der Waals surface area contributed by atoms with Crippen molar-refractivity contribution in [3.05, 3.63) is 51.6 Å². The van der Waals surface area contributed by atoms with Gasteiger partial charge in [0.1, 0.15) is 0 Å². The third-order valence-corrected chi connectivity index (χ3v) is 10.8. The molecule has 184 valence electrons. The number of benzene rings is 2. The van der Waals surface area contributed by atoms with Crippen LogP contribution >= 0.6 is 7.92 Å². The predicted octanol–water partition coefficient (Wildman–Crippen LogP) is 10.4. The Labute approximate surface area is 207 Å². The minimum atomic E-state index is -0.415. The molecule has 0 amide bonds. The number of hydrogen-bond donors (Lipinski definition) is 0. The van der Waals surface area contributed by atoms with Crippen LogP contribution in [0.3, 0.4) is 0 Å². The van der Waals surface area contributed by atoms with Gasteiger partial charge in [-0.15, -0.1) is 0 Å². The molecule has 0 N–H and O–H groups in total. The normalized spacial score (nSPS) is 13.2. The zero-order valence-electron chi connectivity index (χ0n) is 24.4. The molecular weight excluding hydrogens is 415 g/mol. The molecular formula is C32H51P. The van der Waals surface area contributed by atoms with E-state index in [-0.39, 0.29) is 10.3 Å². The fourth-order valence-electron chi connectivity index (χ4n) is 5.49. The Morgan fingerprint density at radius 3 is 1.36 bits per heavy atom. The molecule has 0 radical (unpaired) electrons. The smallest absolute Gasteiger partial charge is 0.00953 e.